The number of hydrogen-bond acceptors (Lipinski definition) is 4. The van der Waals surface area contributed by atoms with E-state index in [0.717, 1.165) is 12.6 Å². The predicted octanol–water partition coefficient (Wildman–Crippen LogP) is 3.53. The van der Waals surface area contributed by atoms with E-state index in [4.69, 9.17) is 0 Å². The molecule has 3 atom stereocenters. The first-order valence-corrected chi connectivity index (χ1v) is 10.5. The van der Waals surface area contributed by atoms with Crippen molar-refractivity contribution in [3.63, 3.8) is 0 Å². The van der Waals surface area contributed by atoms with Gasteiger partial charge in [0.05, 0.1) is 18.3 Å². The molecule has 0 saturated carbocycles. The smallest absolute Gasteiger partial charge is 0.276 e. The van der Waals surface area contributed by atoms with Crippen LogP contribution in [0.2, 0.25) is 0 Å². The van der Waals surface area contributed by atoms with Gasteiger partial charge in [0.1, 0.15) is 11.6 Å². The third-order valence-corrected chi connectivity index (χ3v) is 6.62. The second-order valence-electron chi connectivity index (χ2n) is 8.34. The lowest BCUT2D eigenvalue weighted by atomic mass is 9.78. The van der Waals surface area contributed by atoms with Gasteiger partial charge >= 0.3 is 0 Å². The van der Waals surface area contributed by atoms with Crippen molar-refractivity contribution < 1.29 is 18.7 Å². The summed E-state index contributed by atoms with van der Waals surface area (Å²) in [5.74, 6) is -2.52. The van der Waals surface area contributed by atoms with Gasteiger partial charge in [0.25, 0.3) is 5.91 Å². The van der Waals surface area contributed by atoms with Crippen LogP contribution < -0.4 is 5.43 Å². The van der Waals surface area contributed by atoms with E-state index in [1.54, 1.807) is 36.1 Å². The number of aromatic hydroxyl groups is 1. The molecule has 0 bridgehead atoms. The van der Waals surface area contributed by atoms with Gasteiger partial charge in [-0.25, -0.2) is 8.78 Å². The number of nitrogens with zero attached hydrogens (tertiary/aromatic N) is 3. The summed E-state index contributed by atoms with van der Waals surface area (Å²) >= 11 is 0. The van der Waals surface area contributed by atoms with E-state index in [1.807, 2.05) is 0 Å². The Balaban J connectivity index is 1.82. The van der Waals surface area contributed by atoms with Crippen LogP contribution in [0.15, 0.2) is 53.5 Å². The van der Waals surface area contributed by atoms with Crippen LogP contribution in [0.1, 0.15) is 52.0 Å². The molecule has 0 unspecified atom stereocenters. The Morgan fingerprint density at radius 1 is 1.16 bits per heavy atom. The lowest BCUT2D eigenvalue weighted by molar-refractivity contribution is 0.0564. The van der Waals surface area contributed by atoms with Crippen molar-refractivity contribution in [3.8, 4) is 5.75 Å². The Morgan fingerprint density at radius 3 is 2.72 bits per heavy atom. The van der Waals surface area contributed by atoms with Crippen LogP contribution in [0.25, 0.3) is 0 Å². The highest BCUT2D eigenvalue weighted by molar-refractivity contribution is 5.96. The van der Waals surface area contributed by atoms with E-state index in [0.29, 0.717) is 29.7 Å². The molecule has 1 fully saturated rings. The minimum Gasteiger partial charge on any atom is -0.502 e. The minimum absolute atomic E-state index is 0.184. The lowest BCUT2D eigenvalue weighted by Crippen LogP contribution is -2.51. The molecule has 5 rings (SSSR count). The fraction of sp³-hybridized carbons (Fsp3) is 0.292. The molecule has 3 heterocycles. The van der Waals surface area contributed by atoms with Crippen LogP contribution in [0.3, 0.4) is 0 Å². The quantitative estimate of drug-likeness (QED) is 0.680. The third-order valence-electron chi connectivity index (χ3n) is 6.62. The van der Waals surface area contributed by atoms with Gasteiger partial charge < -0.3 is 10.0 Å². The number of carbonyl (C=O) groups is 1. The first kappa shape index (κ1) is 20.4. The average molecular weight is 437 g/mol. The molecule has 6 nitrogen and oxygen atoms in total. The molecule has 8 heteroatoms. The fourth-order valence-corrected chi connectivity index (χ4v) is 5.17. The van der Waals surface area contributed by atoms with Gasteiger partial charge in [-0.1, -0.05) is 24.3 Å². The van der Waals surface area contributed by atoms with E-state index >= 15 is 0 Å². The highest BCUT2D eigenvalue weighted by Crippen LogP contribution is 2.46. The Kier molecular flexibility index (Phi) is 4.80. The maximum atomic E-state index is 14.6. The molecular weight excluding hydrogens is 416 g/mol. The minimum atomic E-state index is -0.745. The van der Waals surface area contributed by atoms with E-state index < -0.39 is 40.7 Å². The second-order valence-corrected chi connectivity index (χ2v) is 8.34. The molecule has 2 aromatic carbocycles. The molecule has 1 N–H and O–H groups in total. The molecule has 2 aliphatic heterocycles. The monoisotopic (exact) mass is 437 g/mol. The highest BCUT2D eigenvalue weighted by atomic mass is 19.1. The molecule has 2 aliphatic rings. The molecular formula is C24H21F2N3O3. The largest absolute Gasteiger partial charge is 0.502 e. The predicted molar refractivity (Wildman–Crippen MR) is 113 cm³/mol. The van der Waals surface area contributed by atoms with Gasteiger partial charge in [0.2, 0.25) is 5.43 Å². The van der Waals surface area contributed by atoms with Gasteiger partial charge in [0, 0.05) is 12.5 Å². The van der Waals surface area contributed by atoms with Crippen molar-refractivity contribution in [3.05, 3.63) is 92.9 Å². The standard InChI is InChI=1S/C24H21F2N3O3/c1-13-16(7-3-8-17(13)26)20(14-5-2-6-15(25)11-14)21-18-9-4-10-28(18)24(32)22-23(31)19(30)12-27-29(21)22/h2-3,5-8,11-12,18,20-21,31H,4,9-10H2,1H3/t18-,20-,21-/m1/s1. The van der Waals surface area contributed by atoms with Crippen molar-refractivity contribution in [2.75, 3.05) is 6.54 Å². The number of benzene rings is 2. The Morgan fingerprint density at radius 2 is 1.94 bits per heavy atom. The maximum Gasteiger partial charge on any atom is 0.276 e. The Labute approximate surface area is 182 Å². The van der Waals surface area contributed by atoms with E-state index in [1.165, 1.54) is 22.9 Å². The molecule has 0 aliphatic carbocycles. The summed E-state index contributed by atoms with van der Waals surface area (Å²) in [4.78, 5) is 26.9. The second kappa shape index (κ2) is 7.55. The molecule has 0 spiro atoms. The number of halogens is 2. The normalized spacial score (nSPS) is 20.7. The zero-order valence-electron chi connectivity index (χ0n) is 17.3. The molecule has 1 aromatic heterocycles. The summed E-state index contributed by atoms with van der Waals surface area (Å²) in [6.07, 6.45) is 2.39. The number of hydrogen-bond donors (Lipinski definition) is 1. The van der Waals surface area contributed by atoms with E-state index in [-0.39, 0.29) is 11.7 Å². The fourth-order valence-electron chi connectivity index (χ4n) is 5.17. The average Bonchev–Trinajstić information content (AvgIpc) is 3.26. The Bertz CT molecular complexity index is 1290. The first-order valence-electron chi connectivity index (χ1n) is 10.5. The summed E-state index contributed by atoms with van der Waals surface area (Å²) in [5, 5.41) is 14.7. The summed E-state index contributed by atoms with van der Waals surface area (Å²) < 4.78 is 30.3. The van der Waals surface area contributed by atoms with Gasteiger partial charge in [-0.15, -0.1) is 0 Å². The molecule has 3 aromatic rings. The van der Waals surface area contributed by atoms with Gasteiger partial charge in [-0.2, -0.15) is 5.10 Å². The highest BCUT2D eigenvalue weighted by Gasteiger charge is 2.48. The van der Waals surface area contributed by atoms with Crippen LogP contribution in [0.4, 0.5) is 8.78 Å². The SMILES string of the molecule is Cc1c(F)cccc1[C@@H](c1cccc(F)c1)[C@H]1[C@H]2CCCN2C(=O)c2c(O)c(=O)cnn21. The van der Waals surface area contributed by atoms with Gasteiger partial charge in [-0.05, 0) is 54.7 Å². The van der Waals surface area contributed by atoms with Gasteiger partial charge in [0.15, 0.2) is 11.4 Å². The number of aromatic nitrogens is 2. The number of carbonyl (C=O) groups excluding carboxylic acids is 1. The number of fused-ring (bicyclic) bond motifs is 2. The molecule has 1 amide bonds. The van der Waals surface area contributed by atoms with Crippen LogP contribution in [-0.4, -0.2) is 38.3 Å². The molecule has 32 heavy (non-hydrogen) atoms. The van der Waals surface area contributed by atoms with E-state index in [9.17, 15) is 23.5 Å². The summed E-state index contributed by atoms with van der Waals surface area (Å²) in [6.45, 7) is 2.13. The lowest BCUT2D eigenvalue weighted by Gasteiger charge is -2.43. The van der Waals surface area contributed by atoms with E-state index in [2.05, 4.69) is 5.10 Å². The van der Waals surface area contributed by atoms with Crippen molar-refractivity contribution in [1.82, 2.24) is 14.7 Å². The van der Waals surface area contributed by atoms with Gasteiger partial charge in [-0.3, -0.25) is 14.3 Å². The van der Waals surface area contributed by atoms with Crippen molar-refractivity contribution in [2.45, 2.75) is 37.8 Å². The van der Waals surface area contributed by atoms with Crippen molar-refractivity contribution in [1.29, 1.82) is 0 Å². The first-order chi connectivity index (χ1) is 15.4. The zero-order chi connectivity index (χ0) is 22.6. The summed E-state index contributed by atoms with van der Waals surface area (Å²) in [7, 11) is 0. The summed E-state index contributed by atoms with van der Waals surface area (Å²) in [5.41, 5.74) is 0.708. The Hall–Kier alpha value is -3.55. The third kappa shape index (κ3) is 3.01. The number of rotatable bonds is 3. The van der Waals surface area contributed by atoms with Crippen LogP contribution in [-0.2, 0) is 0 Å². The van der Waals surface area contributed by atoms with Crippen molar-refractivity contribution in [2.24, 2.45) is 0 Å². The molecule has 164 valence electrons. The number of amides is 1. The topological polar surface area (TPSA) is 75.4 Å². The molecule has 1 saturated heterocycles. The van der Waals surface area contributed by atoms with Crippen LogP contribution in [0, 0.1) is 18.6 Å². The zero-order valence-corrected chi connectivity index (χ0v) is 17.3. The molecule has 0 radical (unpaired) electrons. The van der Waals surface area contributed by atoms with Crippen molar-refractivity contribution >= 4 is 5.91 Å². The van der Waals surface area contributed by atoms with Crippen LogP contribution in [0.5, 0.6) is 5.75 Å². The maximum absolute atomic E-state index is 14.6. The summed E-state index contributed by atoms with van der Waals surface area (Å²) in [6, 6.07) is 9.95. The van der Waals surface area contributed by atoms with Crippen LogP contribution >= 0.6 is 0 Å².